The van der Waals surface area contributed by atoms with Crippen molar-refractivity contribution < 1.29 is 51.7 Å². The summed E-state index contributed by atoms with van der Waals surface area (Å²) in [5.41, 5.74) is -2.41. The maximum Gasteiger partial charge on any atom is 0.416 e. The van der Waals surface area contributed by atoms with Gasteiger partial charge in [0, 0.05) is 6.54 Å². The smallest absolute Gasteiger partial charge is 0.416 e. The molecule has 0 aliphatic carbocycles. The summed E-state index contributed by atoms with van der Waals surface area (Å²) in [4.78, 5) is 70.1. The van der Waals surface area contributed by atoms with Crippen LogP contribution in [0.25, 0.3) is 0 Å². The van der Waals surface area contributed by atoms with E-state index in [1.165, 1.54) is 0 Å². The number of anilines is 1. The Morgan fingerprint density at radius 1 is 0.940 bits per heavy atom. The number of aliphatic imine (C=N–C) groups is 1. The number of carbonyl (C=O) groups is 4. The van der Waals surface area contributed by atoms with Gasteiger partial charge in [-0.25, -0.2) is 19.4 Å². The maximum atomic E-state index is 13.5. The number of hydrogen-bond acceptors (Lipinski definition) is 11. The summed E-state index contributed by atoms with van der Waals surface area (Å²) < 4.78 is 56.6. The maximum absolute atomic E-state index is 13.5. The number of rotatable bonds is 11. The molecule has 0 saturated heterocycles. The van der Waals surface area contributed by atoms with Gasteiger partial charge in [0.05, 0.1) is 18.6 Å². The number of benzene rings is 1. The number of ether oxygens (including phenoxy) is 3. The number of amides is 4. The number of hydrogen-bond donors (Lipinski definition) is 5. The molecule has 2 atom stereocenters. The fraction of sp³-hybridized carbons (Fsp3) is 0.516. The van der Waals surface area contributed by atoms with Crippen LogP contribution in [0.15, 0.2) is 52.6 Å². The zero-order valence-corrected chi connectivity index (χ0v) is 28.4. The molecule has 0 saturated carbocycles. The molecule has 4 amide bonds. The second-order valence-corrected chi connectivity index (χ2v) is 12.7. The number of alkyl halides is 3. The molecule has 5 N–H and O–H groups in total. The molecular formula is C31H42F3N7O9. The van der Waals surface area contributed by atoms with E-state index in [9.17, 15) is 42.3 Å². The van der Waals surface area contributed by atoms with Gasteiger partial charge in [-0.05, 0) is 59.9 Å². The largest absolute Gasteiger partial charge is 0.444 e. The van der Waals surface area contributed by atoms with E-state index < -0.39 is 78.2 Å². The van der Waals surface area contributed by atoms with Crippen LogP contribution in [-0.2, 0) is 32.2 Å². The zero-order valence-electron chi connectivity index (χ0n) is 28.4. The van der Waals surface area contributed by atoms with Crippen molar-refractivity contribution in [1.82, 2.24) is 25.5 Å². The SMILES string of the molecule is CC(C)(C)OC(=O)NC(=NCCCC(NC(=O)Cn1cncc(NC(=O)OCc2ccccc2)c1=O)C(O)C(F)(F)F)NC(=O)OC(C)(C)C. The molecule has 16 nitrogen and oxygen atoms in total. The Morgan fingerprint density at radius 2 is 1.52 bits per heavy atom. The van der Waals surface area contributed by atoms with Crippen LogP contribution in [0.1, 0.15) is 59.9 Å². The lowest BCUT2D eigenvalue weighted by Gasteiger charge is -2.26. The van der Waals surface area contributed by atoms with Gasteiger partial charge in [-0.15, -0.1) is 0 Å². The molecule has 0 aliphatic rings. The summed E-state index contributed by atoms with van der Waals surface area (Å²) in [5, 5.41) is 18.7. The van der Waals surface area contributed by atoms with E-state index in [0.717, 1.165) is 17.1 Å². The monoisotopic (exact) mass is 713 g/mol. The molecule has 50 heavy (non-hydrogen) atoms. The van der Waals surface area contributed by atoms with E-state index in [0.29, 0.717) is 5.56 Å². The van der Waals surface area contributed by atoms with Gasteiger partial charge in [-0.1, -0.05) is 30.3 Å². The lowest BCUT2D eigenvalue weighted by molar-refractivity contribution is -0.212. The Morgan fingerprint density at radius 3 is 2.06 bits per heavy atom. The van der Waals surface area contributed by atoms with Crippen molar-refractivity contribution in [3.8, 4) is 0 Å². The van der Waals surface area contributed by atoms with Crippen molar-refractivity contribution in [2.75, 3.05) is 11.9 Å². The van der Waals surface area contributed by atoms with Gasteiger partial charge < -0.3 is 24.6 Å². The average Bonchev–Trinajstić information content (AvgIpc) is 2.97. The van der Waals surface area contributed by atoms with Crippen molar-refractivity contribution in [2.24, 2.45) is 4.99 Å². The molecule has 2 aromatic rings. The molecule has 1 heterocycles. The fourth-order valence-electron chi connectivity index (χ4n) is 3.88. The number of aliphatic hydroxyl groups is 1. The normalized spacial score (nSPS) is 12.8. The molecule has 1 aromatic carbocycles. The highest BCUT2D eigenvalue weighted by Crippen LogP contribution is 2.24. The number of nitrogens with one attached hydrogen (secondary N) is 4. The second kappa shape index (κ2) is 18.0. The van der Waals surface area contributed by atoms with Gasteiger partial charge >= 0.3 is 24.5 Å². The first kappa shape index (κ1) is 41.0. The van der Waals surface area contributed by atoms with Gasteiger partial charge in [0.1, 0.15) is 30.0 Å². The van der Waals surface area contributed by atoms with Crippen LogP contribution in [0.4, 0.5) is 33.2 Å². The Bertz CT molecular complexity index is 1520. The number of guanidine groups is 1. The second-order valence-electron chi connectivity index (χ2n) is 12.7. The number of aliphatic hydroxyl groups excluding tert-OH is 1. The lowest BCUT2D eigenvalue weighted by atomic mass is 10.0. The highest BCUT2D eigenvalue weighted by Gasteiger charge is 2.44. The summed E-state index contributed by atoms with van der Waals surface area (Å²) in [5.74, 6) is -1.51. The molecule has 0 bridgehead atoms. The third-order valence-electron chi connectivity index (χ3n) is 5.91. The highest BCUT2D eigenvalue weighted by molar-refractivity contribution is 6.01. The number of halogens is 3. The van der Waals surface area contributed by atoms with Gasteiger partial charge in [0.25, 0.3) is 5.56 Å². The van der Waals surface area contributed by atoms with E-state index in [-0.39, 0.29) is 25.3 Å². The third kappa shape index (κ3) is 15.8. The number of carbonyl (C=O) groups excluding carboxylic acids is 4. The van der Waals surface area contributed by atoms with Crippen LogP contribution in [0.5, 0.6) is 0 Å². The highest BCUT2D eigenvalue weighted by atomic mass is 19.4. The predicted molar refractivity (Wildman–Crippen MR) is 173 cm³/mol. The van der Waals surface area contributed by atoms with Gasteiger partial charge in [0.15, 0.2) is 6.10 Å². The van der Waals surface area contributed by atoms with E-state index in [1.54, 1.807) is 71.9 Å². The minimum atomic E-state index is -5.13. The topological polar surface area (TPSA) is 212 Å². The van der Waals surface area contributed by atoms with Crippen molar-refractivity contribution in [3.63, 3.8) is 0 Å². The first-order valence-corrected chi connectivity index (χ1v) is 15.2. The molecule has 2 unspecified atom stereocenters. The summed E-state index contributed by atoms with van der Waals surface area (Å²) in [6, 6.07) is 6.79. The number of alkyl carbamates (subject to hydrolysis) is 2. The predicted octanol–water partition coefficient (Wildman–Crippen LogP) is 3.59. The summed E-state index contributed by atoms with van der Waals surface area (Å²) >= 11 is 0. The van der Waals surface area contributed by atoms with E-state index >= 15 is 0 Å². The third-order valence-corrected chi connectivity index (χ3v) is 5.91. The Hall–Kier alpha value is -5.20. The fourth-order valence-corrected chi connectivity index (χ4v) is 3.88. The minimum absolute atomic E-state index is 0.0976. The zero-order chi connectivity index (χ0) is 37.7. The van der Waals surface area contributed by atoms with Crippen LogP contribution in [0.3, 0.4) is 0 Å². The van der Waals surface area contributed by atoms with Gasteiger partial charge in [0.2, 0.25) is 11.9 Å². The van der Waals surface area contributed by atoms with Crippen LogP contribution >= 0.6 is 0 Å². The lowest BCUT2D eigenvalue weighted by Crippen LogP contribution is -2.51. The molecule has 1 aromatic heterocycles. The first-order valence-electron chi connectivity index (χ1n) is 15.2. The average molecular weight is 714 g/mol. The molecule has 2 rings (SSSR count). The molecule has 0 radical (unpaired) electrons. The number of aromatic nitrogens is 2. The summed E-state index contributed by atoms with van der Waals surface area (Å²) in [7, 11) is 0. The van der Waals surface area contributed by atoms with Crippen LogP contribution in [-0.4, -0.2) is 80.9 Å². The Labute approximate surface area is 285 Å². The summed E-state index contributed by atoms with van der Waals surface area (Å²) in [6.07, 6.45) is -9.84. The van der Waals surface area contributed by atoms with Gasteiger partial charge in [-0.2, -0.15) is 13.2 Å². The van der Waals surface area contributed by atoms with Crippen molar-refractivity contribution in [1.29, 1.82) is 0 Å². The Balaban J connectivity index is 2.10. The van der Waals surface area contributed by atoms with E-state index in [2.05, 4.69) is 31.2 Å². The van der Waals surface area contributed by atoms with Crippen LogP contribution in [0.2, 0.25) is 0 Å². The van der Waals surface area contributed by atoms with Gasteiger partial charge in [-0.3, -0.25) is 35.1 Å². The Kier molecular flexibility index (Phi) is 14.7. The van der Waals surface area contributed by atoms with Crippen molar-refractivity contribution in [2.45, 2.75) is 97.1 Å². The molecule has 0 fully saturated rings. The number of nitrogens with zero attached hydrogens (tertiary/aromatic N) is 3. The van der Waals surface area contributed by atoms with Crippen LogP contribution < -0.4 is 26.8 Å². The quantitative estimate of drug-likeness (QED) is 0.0989. The van der Waals surface area contributed by atoms with E-state index in [4.69, 9.17) is 14.2 Å². The summed E-state index contributed by atoms with van der Waals surface area (Å²) in [6.45, 7) is 8.35. The molecular weight excluding hydrogens is 671 g/mol. The molecule has 0 spiro atoms. The minimum Gasteiger partial charge on any atom is -0.444 e. The standard InChI is InChI=1S/C31H42F3N7O9/c1-29(2,3)49-27(46)39-25(40-28(47)50-30(4,5)6)36-14-10-13-20(23(43)31(32,33)34)37-22(42)16-41-18-35-15-21(24(41)44)38-26(45)48-17-19-11-8-7-9-12-19/h7-9,11-12,15,18,20,23,43H,10,13-14,16-17H2,1-6H3,(H,37,42)(H,38,45)(H2,36,39,40,46,47). The molecule has 19 heteroatoms. The van der Waals surface area contributed by atoms with Crippen molar-refractivity contribution >= 4 is 35.8 Å². The van der Waals surface area contributed by atoms with Crippen LogP contribution in [0, 0.1) is 0 Å². The molecule has 0 aliphatic heterocycles. The first-order chi connectivity index (χ1) is 23.1. The van der Waals surface area contributed by atoms with Crippen molar-refractivity contribution in [3.05, 3.63) is 58.8 Å². The van der Waals surface area contributed by atoms with E-state index in [1.807, 2.05) is 0 Å². The molecule has 276 valence electrons.